The summed E-state index contributed by atoms with van der Waals surface area (Å²) in [7, 11) is 0. The van der Waals surface area contributed by atoms with Crippen LogP contribution in [0.3, 0.4) is 0 Å². The van der Waals surface area contributed by atoms with E-state index < -0.39 is 11.6 Å². The number of aromatic nitrogens is 1. The molecule has 5 rings (SSSR count). The van der Waals surface area contributed by atoms with Gasteiger partial charge in [0.15, 0.2) is 5.78 Å². The van der Waals surface area contributed by atoms with Gasteiger partial charge < -0.3 is 5.11 Å². The molecule has 55 heavy (non-hydrogen) atoms. The summed E-state index contributed by atoms with van der Waals surface area (Å²) in [6.07, 6.45) is 2.36. The summed E-state index contributed by atoms with van der Waals surface area (Å²) in [5.41, 5.74) is 3.38. The average Bonchev–Trinajstić information content (AvgIpc) is 3.44. The molecule has 0 saturated carbocycles. The first-order valence-corrected chi connectivity index (χ1v) is 19.7. The third-order valence-electron chi connectivity index (χ3n) is 10.5. The van der Waals surface area contributed by atoms with Gasteiger partial charge >= 0.3 is 6.18 Å². The number of aryl methyl sites for hydroxylation is 1. The predicted octanol–water partition coefficient (Wildman–Crippen LogP) is 14.3. The fourth-order valence-electron chi connectivity index (χ4n) is 6.78. The van der Waals surface area contributed by atoms with Crippen molar-refractivity contribution in [2.24, 2.45) is 17.3 Å². The van der Waals surface area contributed by atoms with Crippen molar-refractivity contribution in [3.63, 3.8) is 0 Å². The zero-order valence-corrected chi connectivity index (χ0v) is 36.8. The van der Waals surface area contributed by atoms with Crippen LogP contribution in [-0.2, 0) is 36.7 Å². The molecule has 0 amide bonds. The minimum Gasteiger partial charge on any atom is -0.512 e. The maximum atomic E-state index is 14.1. The molecule has 0 saturated heterocycles. The molecule has 3 nitrogen and oxygen atoms in total. The Kier molecular flexibility index (Phi) is 15.6. The largest absolute Gasteiger partial charge is 0.512 e. The Hall–Kier alpha value is -3.39. The molecular formula is C46H54F4IrNO2S-. The summed E-state index contributed by atoms with van der Waals surface area (Å²) in [6, 6.07) is 19.7. The molecule has 0 aliphatic rings. The van der Waals surface area contributed by atoms with E-state index in [1.807, 2.05) is 45.9 Å². The van der Waals surface area contributed by atoms with Gasteiger partial charge in [0.05, 0.1) is 11.2 Å². The zero-order chi connectivity index (χ0) is 40.2. The number of halogens is 4. The van der Waals surface area contributed by atoms with Gasteiger partial charge in [-0.25, -0.2) is 4.39 Å². The van der Waals surface area contributed by atoms with E-state index in [2.05, 4.69) is 39.8 Å². The molecular weight excluding hydrogens is 899 g/mol. The SMILES string of the molecule is CCC(CC)C(=O)/C=C(\O)C(CC)CC.Cc1c(-c2ccc(CC(C)(C)C(F)(F)F)cc2)sc2c(-c3[c-]c4ccc(F)cc4c(C(C)(C)C)c3)nccc12.[Ir]. The van der Waals surface area contributed by atoms with Gasteiger partial charge in [-0.2, -0.15) is 13.2 Å². The first kappa shape index (κ1) is 46.0. The Morgan fingerprint density at radius 3 is 2.02 bits per heavy atom. The van der Waals surface area contributed by atoms with E-state index >= 15 is 0 Å². The van der Waals surface area contributed by atoms with Gasteiger partial charge in [-0.15, -0.1) is 40.5 Å². The van der Waals surface area contributed by atoms with Gasteiger partial charge in [-0.05, 0) is 72.6 Å². The van der Waals surface area contributed by atoms with Crippen LogP contribution < -0.4 is 0 Å². The summed E-state index contributed by atoms with van der Waals surface area (Å²) in [5, 5.41) is 12.5. The third-order valence-corrected chi connectivity index (χ3v) is 11.8. The number of nitrogens with zero attached hydrogens (tertiary/aromatic N) is 1. The maximum Gasteiger partial charge on any atom is 0.394 e. The number of hydrogen-bond acceptors (Lipinski definition) is 4. The summed E-state index contributed by atoms with van der Waals surface area (Å²) in [5.74, 6) is 0.270. The van der Waals surface area contributed by atoms with Crippen LogP contribution in [-0.4, -0.2) is 22.1 Å². The number of ketones is 1. The number of allylic oxidation sites excluding steroid dienone is 2. The van der Waals surface area contributed by atoms with Gasteiger partial charge in [0.2, 0.25) is 0 Å². The summed E-state index contributed by atoms with van der Waals surface area (Å²) < 4.78 is 55.3. The Morgan fingerprint density at radius 2 is 1.47 bits per heavy atom. The van der Waals surface area contributed by atoms with Gasteiger partial charge in [-0.1, -0.05) is 110 Å². The van der Waals surface area contributed by atoms with Gasteiger partial charge in [0.1, 0.15) is 5.82 Å². The van der Waals surface area contributed by atoms with E-state index in [0.717, 1.165) is 79.4 Å². The van der Waals surface area contributed by atoms with Gasteiger partial charge in [0.25, 0.3) is 0 Å². The molecule has 5 aromatic rings. The number of thiophene rings is 1. The summed E-state index contributed by atoms with van der Waals surface area (Å²) in [6.45, 7) is 18.9. The van der Waals surface area contributed by atoms with Crippen LogP contribution >= 0.6 is 11.3 Å². The van der Waals surface area contributed by atoms with Crippen molar-refractivity contribution in [3.8, 4) is 21.7 Å². The van der Waals surface area contributed by atoms with Crippen LogP contribution in [0.2, 0.25) is 0 Å². The second kappa shape index (κ2) is 18.7. The van der Waals surface area contributed by atoms with Crippen LogP contribution in [0.25, 0.3) is 42.6 Å². The van der Waals surface area contributed by atoms with Crippen molar-refractivity contribution in [2.45, 2.75) is 113 Å². The maximum absolute atomic E-state index is 14.1. The monoisotopic (exact) mass is 953 g/mol. The number of carbonyl (C=O) groups is 1. The number of alkyl halides is 3. The van der Waals surface area contributed by atoms with Crippen LogP contribution in [0, 0.1) is 36.1 Å². The van der Waals surface area contributed by atoms with Gasteiger partial charge in [0, 0.05) is 59.5 Å². The first-order chi connectivity index (χ1) is 25.3. The average molecular weight is 953 g/mol. The van der Waals surface area contributed by atoms with E-state index in [4.69, 9.17) is 4.98 Å². The fourth-order valence-corrected chi connectivity index (χ4v) is 8.09. The first-order valence-electron chi connectivity index (χ1n) is 18.9. The normalized spacial score (nSPS) is 12.6. The Labute approximate surface area is 342 Å². The van der Waals surface area contributed by atoms with E-state index in [1.54, 1.807) is 41.8 Å². The molecule has 2 heterocycles. The van der Waals surface area contributed by atoms with Crippen molar-refractivity contribution in [3.05, 3.63) is 101 Å². The third kappa shape index (κ3) is 10.7. The van der Waals surface area contributed by atoms with Crippen LogP contribution in [0.1, 0.15) is 105 Å². The van der Waals surface area contributed by atoms with E-state index in [0.29, 0.717) is 5.56 Å². The summed E-state index contributed by atoms with van der Waals surface area (Å²) >= 11 is 1.62. The van der Waals surface area contributed by atoms with Crippen molar-refractivity contribution in [1.82, 2.24) is 4.98 Å². The smallest absolute Gasteiger partial charge is 0.394 e. The number of aliphatic hydroxyl groups is 1. The number of hydrogen-bond donors (Lipinski definition) is 1. The standard InChI is InChI=1S/C33H30F4NS.C13H24O2.Ir/c1-19-25-13-14-38-28(23-15-22-11-12-24(34)17-26(22)27(16-23)31(2,3)4)30(25)39-29(19)21-9-7-20(8-10-21)18-32(5,6)33(35,36)37;1-5-10(6-2)12(14)9-13(15)11(7-3)8-4;/h7-14,16-17H,18H2,1-6H3;9-11,14H,5-8H2,1-4H3;/q-1;;/b;12-9-;. The van der Waals surface area contributed by atoms with E-state index in [9.17, 15) is 27.5 Å². The molecule has 0 spiro atoms. The summed E-state index contributed by atoms with van der Waals surface area (Å²) in [4.78, 5) is 17.5. The second-order valence-electron chi connectivity index (χ2n) is 15.9. The van der Waals surface area contributed by atoms with E-state index in [1.165, 1.54) is 26.0 Å². The van der Waals surface area contributed by atoms with Crippen LogP contribution in [0.4, 0.5) is 17.6 Å². The molecule has 0 aliphatic carbocycles. The molecule has 3 aromatic carbocycles. The molecule has 9 heteroatoms. The van der Waals surface area contributed by atoms with Crippen molar-refractivity contribution < 1.29 is 47.6 Å². The number of carbonyl (C=O) groups excluding carboxylic acids is 1. The molecule has 0 bridgehead atoms. The van der Waals surface area contributed by atoms with Crippen LogP contribution in [0.5, 0.6) is 0 Å². The quantitative estimate of drug-likeness (QED) is 0.0621. The fraction of sp³-hybridized carbons (Fsp3) is 0.435. The number of benzene rings is 3. The Balaban J connectivity index is 0.000000433. The molecule has 0 fully saturated rings. The van der Waals surface area contributed by atoms with E-state index in [-0.39, 0.29) is 61.1 Å². The van der Waals surface area contributed by atoms with Crippen molar-refractivity contribution in [1.29, 1.82) is 0 Å². The van der Waals surface area contributed by atoms with Gasteiger partial charge in [-0.3, -0.25) is 9.78 Å². The minimum atomic E-state index is -4.27. The molecule has 2 aromatic heterocycles. The molecule has 1 radical (unpaired) electrons. The molecule has 0 unspecified atom stereocenters. The predicted molar refractivity (Wildman–Crippen MR) is 218 cm³/mol. The van der Waals surface area contributed by atoms with Crippen molar-refractivity contribution >= 4 is 38.0 Å². The number of aliphatic hydroxyl groups excluding tert-OH is 1. The Bertz CT molecular complexity index is 2100. The van der Waals surface area contributed by atoms with Crippen LogP contribution in [0.15, 0.2) is 72.6 Å². The molecule has 0 aliphatic heterocycles. The second-order valence-corrected chi connectivity index (χ2v) is 16.9. The zero-order valence-electron chi connectivity index (χ0n) is 33.6. The number of pyridine rings is 1. The number of fused-ring (bicyclic) bond motifs is 2. The Morgan fingerprint density at radius 1 is 0.873 bits per heavy atom. The molecule has 299 valence electrons. The van der Waals surface area contributed by atoms with Crippen molar-refractivity contribution in [2.75, 3.05) is 0 Å². The molecule has 0 atom stereocenters. The minimum absolute atomic E-state index is 0. The molecule has 1 N–H and O–H groups in total. The number of rotatable bonds is 11. The topological polar surface area (TPSA) is 50.2 Å².